The summed E-state index contributed by atoms with van der Waals surface area (Å²) in [5, 5.41) is 0. The maximum atomic E-state index is 11.0. The molecular formula is C12H24O3Si. The standard InChI is InChI=1S/C12H24O3Si/c1-4-5-7-14-10-16-9-6-8-15-12(13)11(2)3/h2,4-10,16H2,1,3H3. The van der Waals surface area contributed by atoms with E-state index >= 15 is 0 Å². The molecule has 4 heteroatoms. The second-order valence-electron chi connectivity index (χ2n) is 3.94. The van der Waals surface area contributed by atoms with Crippen LogP contribution in [-0.2, 0) is 14.3 Å². The summed E-state index contributed by atoms with van der Waals surface area (Å²) in [6.45, 7) is 8.77. The third kappa shape index (κ3) is 9.92. The van der Waals surface area contributed by atoms with Crippen molar-refractivity contribution in [1.82, 2.24) is 0 Å². The van der Waals surface area contributed by atoms with Crippen LogP contribution in [0.2, 0.25) is 6.04 Å². The minimum atomic E-state index is -0.277. The molecule has 0 aliphatic carbocycles. The number of carbonyl (C=O) groups excluding carboxylic acids is 1. The van der Waals surface area contributed by atoms with Crippen molar-refractivity contribution in [2.24, 2.45) is 0 Å². The van der Waals surface area contributed by atoms with Crippen molar-refractivity contribution in [2.45, 2.75) is 39.2 Å². The lowest BCUT2D eigenvalue weighted by Gasteiger charge is -2.04. The highest BCUT2D eigenvalue weighted by molar-refractivity contribution is 6.35. The van der Waals surface area contributed by atoms with Crippen LogP contribution in [0.4, 0.5) is 0 Å². The lowest BCUT2D eigenvalue weighted by Crippen LogP contribution is -2.09. The van der Waals surface area contributed by atoms with Crippen molar-refractivity contribution < 1.29 is 14.3 Å². The number of rotatable bonds is 10. The summed E-state index contributed by atoms with van der Waals surface area (Å²) in [4.78, 5) is 11.0. The predicted octanol–water partition coefficient (Wildman–Crippen LogP) is 1.86. The van der Waals surface area contributed by atoms with Gasteiger partial charge in [-0.25, -0.2) is 4.79 Å². The van der Waals surface area contributed by atoms with Crippen molar-refractivity contribution in [3.8, 4) is 0 Å². The van der Waals surface area contributed by atoms with Gasteiger partial charge in [0.1, 0.15) is 0 Å². The molecule has 0 unspecified atom stereocenters. The van der Waals surface area contributed by atoms with E-state index in [9.17, 15) is 4.79 Å². The van der Waals surface area contributed by atoms with Gasteiger partial charge in [-0.15, -0.1) is 0 Å². The maximum absolute atomic E-state index is 11.0. The summed E-state index contributed by atoms with van der Waals surface area (Å²) in [5.41, 5.74) is 0.472. The third-order valence-electron chi connectivity index (χ3n) is 2.16. The summed E-state index contributed by atoms with van der Waals surface area (Å²) >= 11 is 0. The molecular weight excluding hydrogens is 220 g/mol. The van der Waals surface area contributed by atoms with Gasteiger partial charge in [0, 0.05) is 18.4 Å². The van der Waals surface area contributed by atoms with Gasteiger partial charge in [0.25, 0.3) is 0 Å². The molecule has 0 aliphatic heterocycles. The molecule has 0 fully saturated rings. The average molecular weight is 244 g/mol. The van der Waals surface area contributed by atoms with Gasteiger partial charge in [-0.2, -0.15) is 0 Å². The number of hydrogen-bond acceptors (Lipinski definition) is 3. The van der Waals surface area contributed by atoms with Crippen LogP contribution in [0.5, 0.6) is 0 Å². The first-order valence-electron chi connectivity index (χ1n) is 6.08. The largest absolute Gasteiger partial charge is 0.462 e. The molecule has 0 N–H and O–H groups in total. The summed E-state index contributed by atoms with van der Waals surface area (Å²) in [6, 6.07) is 1.18. The van der Waals surface area contributed by atoms with Crippen molar-refractivity contribution >= 4 is 15.5 Å². The highest BCUT2D eigenvalue weighted by Crippen LogP contribution is 1.96. The van der Waals surface area contributed by atoms with Gasteiger partial charge in [-0.3, -0.25) is 0 Å². The molecule has 0 bridgehead atoms. The van der Waals surface area contributed by atoms with Crippen LogP contribution in [0.15, 0.2) is 12.2 Å². The molecule has 0 saturated carbocycles. The van der Waals surface area contributed by atoms with Gasteiger partial charge in [0.05, 0.1) is 16.1 Å². The molecule has 3 nitrogen and oxygen atoms in total. The van der Waals surface area contributed by atoms with Gasteiger partial charge < -0.3 is 9.47 Å². The first-order chi connectivity index (χ1) is 7.68. The quantitative estimate of drug-likeness (QED) is 0.255. The number of unbranched alkanes of at least 4 members (excludes halogenated alkanes) is 1. The minimum Gasteiger partial charge on any atom is -0.462 e. The zero-order valence-corrected chi connectivity index (χ0v) is 12.0. The van der Waals surface area contributed by atoms with Gasteiger partial charge >= 0.3 is 5.97 Å². The van der Waals surface area contributed by atoms with Crippen LogP contribution in [0.3, 0.4) is 0 Å². The Bertz CT molecular complexity index is 204. The molecule has 0 aromatic carbocycles. The van der Waals surface area contributed by atoms with Gasteiger partial charge in [0.2, 0.25) is 0 Å². The molecule has 0 atom stereocenters. The molecule has 0 aromatic rings. The van der Waals surface area contributed by atoms with Gasteiger partial charge in [-0.1, -0.05) is 26.0 Å². The van der Waals surface area contributed by atoms with Crippen LogP contribution >= 0.6 is 0 Å². The first-order valence-corrected chi connectivity index (χ1v) is 8.08. The van der Waals surface area contributed by atoms with E-state index in [1.807, 2.05) is 0 Å². The summed E-state index contributed by atoms with van der Waals surface area (Å²) in [6.07, 6.45) is 4.26. The number of ether oxygens (including phenoxy) is 2. The lowest BCUT2D eigenvalue weighted by molar-refractivity contribution is -0.138. The molecule has 0 saturated heterocycles. The van der Waals surface area contributed by atoms with E-state index in [2.05, 4.69) is 13.5 Å². The van der Waals surface area contributed by atoms with Crippen molar-refractivity contribution in [3.05, 3.63) is 12.2 Å². The van der Waals surface area contributed by atoms with Crippen LogP contribution in [0.25, 0.3) is 0 Å². The molecule has 94 valence electrons. The monoisotopic (exact) mass is 244 g/mol. The van der Waals surface area contributed by atoms with E-state index in [-0.39, 0.29) is 15.5 Å². The number of hydrogen-bond donors (Lipinski definition) is 0. The third-order valence-corrected chi connectivity index (χ3v) is 3.73. The van der Waals surface area contributed by atoms with E-state index in [0.717, 1.165) is 25.7 Å². The highest BCUT2D eigenvalue weighted by Gasteiger charge is 2.01. The molecule has 16 heavy (non-hydrogen) atoms. The van der Waals surface area contributed by atoms with Crippen LogP contribution < -0.4 is 0 Å². The van der Waals surface area contributed by atoms with E-state index in [1.54, 1.807) is 6.92 Å². The molecule has 0 rings (SSSR count). The average Bonchev–Trinajstić information content (AvgIpc) is 2.26. The Morgan fingerprint density at radius 2 is 2.06 bits per heavy atom. The molecule has 0 spiro atoms. The van der Waals surface area contributed by atoms with Crippen molar-refractivity contribution in [1.29, 1.82) is 0 Å². The maximum Gasteiger partial charge on any atom is 0.333 e. The molecule has 0 amide bonds. The Morgan fingerprint density at radius 1 is 1.31 bits per heavy atom. The Hall–Kier alpha value is -0.613. The molecule has 0 aliphatic rings. The minimum absolute atomic E-state index is 0.117. The highest BCUT2D eigenvalue weighted by atomic mass is 28.2. The Kier molecular flexibility index (Phi) is 10.5. The Balaban J connectivity index is 3.10. The fraction of sp³-hybridized carbons (Fsp3) is 0.750. The zero-order valence-electron chi connectivity index (χ0n) is 10.6. The second kappa shape index (κ2) is 10.9. The fourth-order valence-electron chi connectivity index (χ4n) is 1.12. The van der Waals surface area contributed by atoms with Crippen molar-refractivity contribution in [3.63, 3.8) is 0 Å². The number of esters is 1. The Morgan fingerprint density at radius 3 is 2.69 bits per heavy atom. The summed E-state index contributed by atoms with van der Waals surface area (Å²) in [7, 11) is -0.117. The summed E-state index contributed by atoms with van der Waals surface area (Å²) in [5.74, 6) is -0.277. The van der Waals surface area contributed by atoms with Crippen LogP contribution in [-0.4, -0.2) is 34.9 Å². The van der Waals surface area contributed by atoms with Gasteiger partial charge in [0.15, 0.2) is 0 Å². The molecule has 0 heterocycles. The molecule has 0 aromatic heterocycles. The zero-order chi connectivity index (χ0) is 12.2. The molecule has 0 radical (unpaired) electrons. The fourth-order valence-corrected chi connectivity index (χ4v) is 2.29. The van der Waals surface area contributed by atoms with E-state index < -0.39 is 0 Å². The first kappa shape index (κ1) is 15.4. The van der Waals surface area contributed by atoms with Crippen molar-refractivity contribution in [2.75, 3.05) is 19.4 Å². The summed E-state index contributed by atoms with van der Waals surface area (Å²) < 4.78 is 10.5. The second-order valence-corrected chi connectivity index (χ2v) is 5.77. The Labute approximate surface area is 101 Å². The van der Waals surface area contributed by atoms with E-state index in [1.165, 1.54) is 12.5 Å². The van der Waals surface area contributed by atoms with Crippen LogP contribution in [0, 0.1) is 0 Å². The topological polar surface area (TPSA) is 35.5 Å². The normalized spacial score (nSPS) is 10.9. The SMILES string of the molecule is C=C(C)C(=O)OCCC[SiH2]COCCCC. The number of carbonyl (C=O) groups is 1. The van der Waals surface area contributed by atoms with Crippen LogP contribution in [0.1, 0.15) is 33.1 Å². The lowest BCUT2D eigenvalue weighted by atomic mass is 10.4. The predicted molar refractivity (Wildman–Crippen MR) is 69.5 cm³/mol. The van der Waals surface area contributed by atoms with Gasteiger partial charge in [-0.05, 0) is 19.8 Å². The van der Waals surface area contributed by atoms with E-state index in [4.69, 9.17) is 9.47 Å². The smallest absolute Gasteiger partial charge is 0.333 e. The van der Waals surface area contributed by atoms with E-state index in [0.29, 0.717) is 12.2 Å².